The van der Waals surface area contributed by atoms with E-state index in [1.807, 2.05) is 19.2 Å². The number of piperidine rings is 1. The lowest BCUT2D eigenvalue weighted by Gasteiger charge is -2.66. The molecule has 1 N–H and O–H groups in total. The van der Waals surface area contributed by atoms with Crippen LogP contribution in [0.4, 0.5) is 4.79 Å². The summed E-state index contributed by atoms with van der Waals surface area (Å²) in [6.07, 6.45) is 11.0. The first-order chi connectivity index (χ1) is 18.0. The van der Waals surface area contributed by atoms with Crippen LogP contribution in [0.2, 0.25) is 0 Å². The minimum Gasteiger partial charge on any atom is -0.504 e. The molecule has 5 heterocycles. The zero-order valence-electron chi connectivity index (χ0n) is 21.5. The van der Waals surface area contributed by atoms with Crippen molar-refractivity contribution in [1.29, 1.82) is 0 Å². The van der Waals surface area contributed by atoms with Crippen molar-refractivity contribution < 1.29 is 14.6 Å². The van der Waals surface area contributed by atoms with E-state index >= 15 is 0 Å². The van der Waals surface area contributed by atoms with Gasteiger partial charge in [-0.15, -0.1) is 0 Å². The quantitative estimate of drug-likeness (QED) is 0.692. The average molecular weight is 502 g/mol. The zero-order chi connectivity index (χ0) is 24.9. The van der Waals surface area contributed by atoms with Crippen molar-refractivity contribution >= 4 is 6.03 Å². The van der Waals surface area contributed by atoms with Gasteiger partial charge in [-0.2, -0.15) is 0 Å². The summed E-state index contributed by atoms with van der Waals surface area (Å²) < 4.78 is 6.82. The van der Waals surface area contributed by atoms with Crippen LogP contribution in [-0.2, 0) is 18.4 Å². The molecule has 8 heteroatoms. The molecule has 4 bridgehead atoms. The third-order valence-corrected chi connectivity index (χ3v) is 10.8. The fourth-order valence-corrected chi connectivity index (χ4v) is 9.17. The van der Waals surface area contributed by atoms with E-state index in [1.54, 1.807) is 11.1 Å². The van der Waals surface area contributed by atoms with Crippen molar-refractivity contribution in [3.8, 4) is 11.5 Å². The first-order valence-electron chi connectivity index (χ1n) is 14.0. The number of aromatic hydroxyl groups is 1. The van der Waals surface area contributed by atoms with Gasteiger partial charge >= 0.3 is 6.03 Å². The van der Waals surface area contributed by atoms with Crippen molar-refractivity contribution in [2.75, 3.05) is 26.7 Å². The number of phenols is 1. The number of benzene rings is 1. The average Bonchev–Trinajstić information content (AvgIpc) is 3.70. The number of phenolic OH excluding ortho intramolecular Hbond substituents is 1. The molecule has 2 saturated carbocycles. The van der Waals surface area contributed by atoms with Gasteiger partial charge in [-0.05, 0) is 75.1 Å². The molecule has 3 aliphatic carbocycles. The van der Waals surface area contributed by atoms with Gasteiger partial charge in [0.15, 0.2) is 11.5 Å². The SMILES string of the molecule is CN(Cc1ccncn1)C(=O)N1CC[C@@]23CC[C@@H]1[C@@H]1Oc4c(O)ccc5c4[C@@]12CCN(CC1CC1)[C@@H]3C5. The fourth-order valence-electron chi connectivity index (χ4n) is 9.17. The number of urea groups is 1. The second-order valence-electron chi connectivity index (χ2n) is 12.4. The summed E-state index contributed by atoms with van der Waals surface area (Å²) in [6.45, 7) is 3.51. The van der Waals surface area contributed by atoms with Crippen LogP contribution in [0.3, 0.4) is 0 Å². The summed E-state index contributed by atoms with van der Waals surface area (Å²) in [5.41, 5.74) is 3.43. The highest BCUT2D eigenvalue weighted by Crippen LogP contribution is 2.71. The Hall–Kier alpha value is -2.87. The van der Waals surface area contributed by atoms with E-state index in [0.717, 1.165) is 56.8 Å². The van der Waals surface area contributed by atoms with Crippen LogP contribution in [-0.4, -0.2) is 80.7 Å². The van der Waals surface area contributed by atoms with E-state index in [-0.39, 0.29) is 34.8 Å². The third-order valence-electron chi connectivity index (χ3n) is 10.8. The molecule has 2 spiro atoms. The van der Waals surface area contributed by atoms with Gasteiger partial charge in [0, 0.05) is 48.8 Å². The number of aromatic nitrogens is 2. The smallest absolute Gasteiger partial charge is 0.320 e. The Bertz CT molecular complexity index is 1270. The molecule has 8 nitrogen and oxygen atoms in total. The monoisotopic (exact) mass is 501 g/mol. The number of carbonyl (C=O) groups is 1. The topological polar surface area (TPSA) is 82.0 Å². The number of rotatable bonds is 4. The number of likely N-dealkylation sites (tertiary alicyclic amines) is 1. The lowest BCUT2D eigenvalue weighted by molar-refractivity contribution is -0.129. The Morgan fingerprint density at radius 1 is 1.19 bits per heavy atom. The maximum Gasteiger partial charge on any atom is 0.320 e. The summed E-state index contributed by atoms with van der Waals surface area (Å²) >= 11 is 0. The zero-order valence-corrected chi connectivity index (χ0v) is 21.5. The Kier molecular flexibility index (Phi) is 4.54. The Morgan fingerprint density at radius 2 is 2.08 bits per heavy atom. The molecular weight excluding hydrogens is 466 g/mol. The van der Waals surface area contributed by atoms with Crippen LogP contribution >= 0.6 is 0 Å². The van der Waals surface area contributed by atoms with E-state index < -0.39 is 0 Å². The van der Waals surface area contributed by atoms with Gasteiger partial charge in [-0.1, -0.05) is 6.07 Å². The van der Waals surface area contributed by atoms with Crippen molar-refractivity contribution in [3.05, 3.63) is 47.5 Å². The molecule has 5 atom stereocenters. The maximum absolute atomic E-state index is 14.0. The maximum atomic E-state index is 14.0. The molecule has 9 rings (SSSR count). The molecule has 3 saturated heterocycles. The molecule has 37 heavy (non-hydrogen) atoms. The first-order valence-corrected chi connectivity index (χ1v) is 14.0. The number of carbonyl (C=O) groups excluding carboxylic acids is 1. The van der Waals surface area contributed by atoms with Gasteiger partial charge in [-0.25, -0.2) is 14.8 Å². The molecule has 194 valence electrons. The summed E-state index contributed by atoms with van der Waals surface area (Å²) in [4.78, 5) is 29.0. The van der Waals surface area contributed by atoms with E-state index in [1.165, 1.54) is 36.8 Å². The Morgan fingerprint density at radius 3 is 2.89 bits per heavy atom. The molecule has 0 radical (unpaired) electrons. The standard InChI is InChI=1S/C29H35N5O3/c1-32(16-20-7-11-30-17-31-20)27(36)34-13-9-28-8-6-21(34)26-29(28)10-12-33(15-18-2-3-18)23(28)14-19-4-5-22(35)25(37-26)24(19)29/h4-5,7,11,17-18,21,23,26,35H,2-3,6,8-10,12-16H2,1H3/t21-,23-,26+,28-,29+/m1/s1. The number of fused-ring (bicyclic) bond motifs is 3. The Balaban J connectivity index is 1.21. The van der Waals surface area contributed by atoms with Crippen LogP contribution in [0.1, 0.15) is 55.3 Å². The van der Waals surface area contributed by atoms with Gasteiger partial charge in [-0.3, -0.25) is 4.90 Å². The second kappa shape index (κ2) is 7.59. The highest BCUT2D eigenvalue weighted by molar-refractivity contribution is 5.75. The van der Waals surface area contributed by atoms with Gasteiger partial charge in [0.1, 0.15) is 12.4 Å². The van der Waals surface area contributed by atoms with Crippen LogP contribution in [0, 0.1) is 11.3 Å². The molecule has 5 fully saturated rings. The number of amides is 2. The summed E-state index contributed by atoms with van der Waals surface area (Å²) in [7, 11) is 1.87. The van der Waals surface area contributed by atoms with Crippen LogP contribution in [0.5, 0.6) is 11.5 Å². The van der Waals surface area contributed by atoms with Gasteiger partial charge in [0.2, 0.25) is 0 Å². The van der Waals surface area contributed by atoms with Crippen molar-refractivity contribution in [1.82, 2.24) is 24.7 Å². The predicted molar refractivity (Wildman–Crippen MR) is 136 cm³/mol. The minimum atomic E-state index is -0.122. The molecule has 7 aliphatic rings. The molecule has 0 unspecified atom stereocenters. The first kappa shape index (κ1) is 22.1. The van der Waals surface area contributed by atoms with Gasteiger partial charge < -0.3 is 19.6 Å². The second-order valence-corrected chi connectivity index (χ2v) is 12.4. The lowest BCUT2D eigenvalue weighted by Crippen LogP contribution is -2.73. The largest absolute Gasteiger partial charge is 0.504 e. The highest BCUT2D eigenvalue weighted by Gasteiger charge is 2.74. The van der Waals surface area contributed by atoms with E-state index in [4.69, 9.17) is 4.74 Å². The lowest BCUT2D eigenvalue weighted by atomic mass is 9.42. The summed E-state index contributed by atoms with van der Waals surface area (Å²) in [6, 6.07) is 6.37. The van der Waals surface area contributed by atoms with Gasteiger partial charge in [0.25, 0.3) is 0 Å². The molecule has 4 aliphatic heterocycles. The minimum absolute atomic E-state index is 0.00403. The normalized spacial score (nSPS) is 35.1. The predicted octanol–water partition coefficient (Wildman–Crippen LogP) is 3.33. The number of hydrogen-bond acceptors (Lipinski definition) is 6. The molecule has 1 aromatic heterocycles. The van der Waals surface area contributed by atoms with E-state index in [0.29, 0.717) is 18.3 Å². The van der Waals surface area contributed by atoms with Crippen LogP contribution in [0.25, 0.3) is 0 Å². The molecule has 1 aromatic carbocycles. The van der Waals surface area contributed by atoms with E-state index in [2.05, 4.69) is 25.8 Å². The van der Waals surface area contributed by atoms with Crippen LogP contribution < -0.4 is 4.74 Å². The molecule has 2 aromatic rings. The van der Waals surface area contributed by atoms with Crippen LogP contribution in [0.15, 0.2) is 30.7 Å². The fraction of sp³-hybridized carbons (Fsp3) is 0.621. The van der Waals surface area contributed by atoms with Gasteiger partial charge in [0.05, 0.1) is 18.3 Å². The van der Waals surface area contributed by atoms with Crippen molar-refractivity contribution in [3.63, 3.8) is 0 Å². The van der Waals surface area contributed by atoms with Crippen molar-refractivity contribution in [2.45, 2.75) is 75.1 Å². The molecule has 2 amide bonds. The number of ether oxygens (including phenoxy) is 1. The van der Waals surface area contributed by atoms with E-state index in [9.17, 15) is 9.90 Å². The molecular formula is C29H35N5O3. The summed E-state index contributed by atoms with van der Waals surface area (Å²) in [5.74, 6) is 1.82. The highest BCUT2D eigenvalue weighted by atomic mass is 16.5. The van der Waals surface area contributed by atoms with Crippen molar-refractivity contribution in [2.24, 2.45) is 11.3 Å². The summed E-state index contributed by atoms with van der Waals surface area (Å²) in [5, 5.41) is 10.9. The Labute approximate surface area is 217 Å². The number of nitrogens with zero attached hydrogens (tertiary/aromatic N) is 5. The third kappa shape index (κ3) is 2.85. The number of hydrogen-bond donors (Lipinski definition) is 1.